The van der Waals surface area contributed by atoms with Crippen molar-refractivity contribution >= 4 is 29.2 Å². The highest BCUT2D eigenvalue weighted by Crippen LogP contribution is 2.24. The fourth-order valence-electron chi connectivity index (χ4n) is 1.36. The Bertz CT molecular complexity index is 314. The molecule has 0 aliphatic carbocycles. The van der Waals surface area contributed by atoms with Gasteiger partial charge in [0.1, 0.15) is 10.3 Å². The molecule has 0 aliphatic heterocycles. The zero-order valence-electron chi connectivity index (χ0n) is 9.22. The number of nitrogens with zero attached hydrogens (tertiary/aromatic N) is 3. The summed E-state index contributed by atoms with van der Waals surface area (Å²) in [7, 11) is 0. The van der Waals surface area contributed by atoms with Gasteiger partial charge in [-0.3, -0.25) is 0 Å². The van der Waals surface area contributed by atoms with Gasteiger partial charge >= 0.3 is 0 Å². The molecule has 84 valence electrons. The Balaban J connectivity index is 3.12. The first kappa shape index (κ1) is 12.5. The van der Waals surface area contributed by atoms with E-state index >= 15 is 0 Å². The lowest BCUT2D eigenvalue weighted by atomic mass is 10.3. The van der Waals surface area contributed by atoms with Crippen LogP contribution in [0.15, 0.2) is 0 Å². The highest BCUT2D eigenvalue weighted by atomic mass is 35.5. The van der Waals surface area contributed by atoms with Crippen molar-refractivity contribution in [3.63, 3.8) is 0 Å². The highest BCUT2D eigenvalue weighted by molar-refractivity contribution is 6.34. The van der Waals surface area contributed by atoms with Crippen molar-refractivity contribution in [3.05, 3.63) is 15.9 Å². The van der Waals surface area contributed by atoms with Crippen LogP contribution in [0.2, 0.25) is 10.3 Å². The molecule has 0 saturated carbocycles. The van der Waals surface area contributed by atoms with E-state index in [9.17, 15) is 0 Å². The van der Waals surface area contributed by atoms with Gasteiger partial charge in [-0.25, -0.2) is 9.97 Å². The molecule has 0 bridgehead atoms. The van der Waals surface area contributed by atoms with Crippen LogP contribution in [0.25, 0.3) is 0 Å². The van der Waals surface area contributed by atoms with Gasteiger partial charge in [0.25, 0.3) is 0 Å². The topological polar surface area (TPSA) is 29.0 Å². The second kappa shape index (κ2) is 5.52. The Morgan fingerprint density at radius 2 is 1.47 bits per heavy atom. The maximum absolute atomic E-state index is 6.03. The smallest absolute Gasteiger partial charge is 0.228 e. The van der Waals surface area contributed by atoms with Crippen LogP contribution in [0.1, 0.15) is 26.3 Å². The molecule has 5 heteroatoms. The molecular weight excluding hydrogens is 233 g/mol. The number of hydrogen-bond acceptors (Lipinski definition) is 3. The van der Waals surface area contributed by atoms with Crippen LogP contribution in [0.5, 0.6) is 0 Å². The Morgan fingerprint density at radius 1 is 1.00 bits per heavy atom. The second-order valence-corrected chi connectivity index (χ2v) is 3.83. The minimum absolute atomic E-state index is 0.458. The summed E-state index contributed by atoms with van der Waals surface area (Å²) >= 11 is 12.1. The molecule has 1 rings (SSSR count). The first-order valence-electron chi connectivity index (χ1n) is 5.10. The summed E-state index contributed by atoms with van der Waals surface area (Å²) < 4.78 is 0. The summed E-state index contributed by atoms with van der Waals surface area (Å²) in [6.45, 7) is 7.75. The largest absolute Gasteiger partial charge is 0.341 e. The summed E-state index contributed by atoms with van der Waals surface area (Å²) in [5.41, 5.74) is 0.814. The number of halogens is 2. The van der Waals surface area contributed by atoms with Crippen molar-refractivity contribution in [1.29, 1.82) is 0 Å². The lowest BCUT2D eigenvalue weighted by molar-refractivity contribution is 0.817. The minimum Gasteiger partial charge on any atom is -0.341 e. The Kier molecular flexibility index (Phi) is 4.61. The molecule has 0 amide bonds. The average molecular weight is 248 g/mol. The molecule has 1 aromatic heterocycles. The number of hydrogen-bond donors (Lipinski definition) is 0. The molecule has 0 unspecified atom stereocenters. The summed E-state index contributed by atoms with van der Waals surface area (Å²) in [6, 6.07) is 0. The van der Waals surface area contributed by atoms with Gasteiger partial charge in [0.15, 0.2) is 0 Å². The molecule has 0 aromatic carbocycles. The summed E-state index contributed by atoms with van der Waals surface area (Å²) in [4.78, 5) is 10.5. The molecule has 0 radical (unpaired) electrons. The summed E-state index contributed by atoms with van der Waals surface area (Å²) in [5, 5.41) is 0.916. The number of aromatic nitrogens is 2. The molecule has 0 atom stereocenters. The summed E-state index contributed by atoms with van der Waals surface area (Å²) in [6.07, 6.45) is 0.746. The van der Waals surface area contributed by atoms with Gasteiger partial charge in [0.05, 0.1) is 0 Å². The fourth-order valence-corrected chi connectivity index (χ4v) is 2.01. The van der Waals surface area contributed by atoms with E-state index in [-0.39, 0.29) is 0 Å². The highest BCUT2D eigenvalue weighted by Gasteiger charge is 2.12. The van der Waals surface area contributed by atoms with Gasteiger partial charge in [-0.15, -0.1) is 0 Å². The van der Waals surface area contributed by atoms with Gasteiger partial charge in [0, 0.05) is 18.7 Å². The van der Waals surface area contributed by atoms with E-state index in [1.807, 2.05) is 25.7 Å². The van der Waals surface area contributed by atoms with Crippen molar-refractivity contribution < 1.29 is 0 Å². The first-order chi connectivity index (χ1) is 7.13. The molecule has 0 N–H and O–H groups in total. The molecule has 0 saturated heterocycles. The maximum Gasteiger partial charge on any atom is 0.228 e. The van der Waals surface area contributed by atoms with Gasteiger partial charge < -0.3 is 4.90 Å². The molecule has 3 nitrogen and oxygen atoms in total. The van der Waals surface area contributed by atoms with Gasteiger partial charge in [-0.05, 0) is 20.3 Å². The average Bonchev–Trinajstić information content (AvgIpc) is 2.19. The molecule has 0 aliphatic rings. The Morgan fingerprint density at radius 3 is 1.80 bits per heavy atom. The maximum atomic E-state index is 6.03. The van der Waals surface area contributed by atoms with Gasteiger partial charge in [-0.2, -0.15) is 0 Å². The molecule has 1 heterocycles. The Labute approximate surface area is 100 Å². The third kappa shape index (κ3) is 2.73. The lowest BCUT2D eigenvalue weighted by Crippen LogP contribution is -2.24. The van der Waals surface area contributed by atoms with Crippen molar-refractivity contribution in [2.45, 2.75) is 27.2 Å². The standard InChI is InChI=1S/C10H15Cl2N3/c1-4-7-8(11)13-10(14-9(7)12)15(5-2)6-3/h4-6H2,1-3H3. The van der Waals surface area contributed by atoms with Crippen LogP contribution in [-0.2, 0) is 6.42 Å². The quantitative estimate of drug-likeness (QED) is 0.766. The predicted octanol–water partition coefficient (Wildman–Crippen LogP) is 3.19. The Hall–Kier alpha value is -0.540. The van der Waals surface area contributed by atoms with Crippen LogP contribution >= 0.6 is 23.2 Å². The van der Waals surface area contributed by atoms with Crippen LogP contribution < -0.4 is 4.90 Å². The van der Waals surface area contributed by atoms with Gasteiger partial charge in [-0.1, -0.05) is 30.1 Å². The van der Waals surface area contributed by atoms with Crippen molar-refractivity contribution in [3.8, 4) is 0 Å². The van der Waals surface area contributed by atoms with E-state index < -0.39 is 0 Å². The molecule has 1 aromatic rings. The number of anilines is 1. The van der Waals surface area contributed by atoms with E-state index in [4.69, 9.17) is 23.2 Å². The van der Waals surface area contributed by atoms with E-state index in [0.717, 1.165) is 25.1 Å². The van der Waals surface area contributed by atoms with Gasteiger partial charge in [0.2, 0.25) is 5.95 Å². The SMILES string of the molecule is CCc1c(Cl)nc(N(CC)CC)nc1Cl. The zero-order valence-corrected chi connectivity index (χ0v) is 10.7. The first-order valence-corrected chi connectivity index (χ1v) is 5.86. The van der Waals surface area contributed by atoms with Crippen LogP contribution in [0.4, 0.5) is 5.95 Å². The van der Waals surface area contributed by atoms with Crippen molar-refractivity contribution in [1.82, 2.24) is 9.97 Å². The van der Waals surface area contributed by atoms with E-state index in [1.54, 1.807) is 0 Å². The predicted molar refractivity (Wildman–Crippen MR) is 65.0 cm³/mol. The lowest BCUT2D eigenvalue weighted by Gasteiger charge is -2.19. The fraction of sp³-hybridized carbons (Fsp3) is 0.600. The van der Waals surface area contributed by atoms with Crippen LogP contribution in [-0.4, -0.2) is 23.1 Å². The van der Waals surface area contributed by atoms with E-state index in [0.29, 0.717) is 16.3 Å². The van der Waals surface area contributed by atoms with Crippen LogP contribution in [0.3, 0.4) is 0 Å². The minimum atomic E-state index is 0.458. The van der Waals surface area contributed by atoms with E-state index in [2.05, 4.69) is 9.97 Å². The molecule has 0 fully saturated rings. The number of rotatable bonds is 4. The molecule has 15 heavy (non-hydrogen) atoms. The molecule has 0 spiro atoms. The van der Waals surface area contributed by atoms with Crippen LogP contribution in [0, 0.1) is 0 Å². The third-order valence-corrected chi connectivity index (χ3v) is 2.92. The zero-order chi connectivity index (χ0) is 11.4. The monoisotopic (exact) mass is 247 g/mol. The normalized spacial score (nSPS) is 10.5. The third-order valence-electron chi connectivity index (χ3n) is 2.29. The van der Waals surface area contributed by atoms with Crippen molar-refractivity contribution in [2.24, 2.45) is 0 Å². The van der Waals surface area contributed by atoms with E-state index in [1.165, 1.54) is 0 Å². The van der Waals surface area contributed by atoms with Crippen molar-refractivity contribution in [2.75, 3.05) is 18.0 Å². The second-order valence-electron chi connectivity index (χ2n) is 3.11. The molecular formula is C10H15Cl2N3. The summed E-state index contributed by atoms with van der Waals surface area (Å²) in [5.74, 6) is 0.604.